The number of carbonyl (C=O) groups is 3. The van der Waals surface area contributed by atoms with Crippen LogP contribution in [-0.2, 0) is 56.1 Å². The molecular formula is C84H91N9O14S6. The van der Waals surface area contributed by atoms with Crippen LogP contribution >= 0.6 is 34.0 Å². The maximum atomic E-state index is 13.3. The third kappa shape index (κ3) is 22.2. The number of methoxy groups -OCH3 is 3. The van der Waals surface area contributed by atoms with Crippen molar-refractivity contribution in [2.24, 2.45) is 0 Å². The molecule has 14 rings (SSSR count). The lowest BCUT2D eigenvalue weighted by atomic mass is 10.0. The number of nitrogens with one attached hydrogen (secondary N) is 5. The predicted octanol–water partition coefficient (Wildman–Crippen LogP) is 15.1. The summed E-state index contributed by atoms with van der Waals surface area (Å²) in [7, 11) is -6.12. The first-order chi connectivity index (χ1) is 54.7. The van der Waals surface area contributed by atoms with Crippen LogP contribution in [0.25, 0.3) is 22.5 Å². The fourth-order valence-corrected chi connectivity index (χ4v) is 22.0. The molecule has 0 bridgehead atoms. The van der Waals surface area contributed by atoms with E-state index in [4.69, 9.17) is 23.4 Å². The number of hydrogen-bond donors (Lipinski definition) is 5. The molecule has 0 spiro atoms. The lowest BCUT2D eigenvalue weighted by molar-refractivity contribution is 0.0943. The summed E-state index contributed by atoms with van der Waals surface area (Å²) in [6.07, 6.45) is 9.30. The van der Waals surface area contributed by atoms with Gasteiger partial charge in [0.1, 0.15) is 41.7 Å². The Balaban J connectivity index is 0.000000157. The molecule has 3 amide bonds. The van der Waals surface area contributed by atoms with Crippen molar-refractivity contribution in [1.29, 1.82) is 0 Å². The Morgan fingerprint density at radius 1 is 0.434 bits per heavy atom. The average Bonchev–Trinajstić information content (AvgIpc) is 1.73. The van der Waals surface area contributed by atoms with Crippen LogP contribution in [0.1, 0.15) is 103 Å². The van der Waals surface area contributed by atoms with Gasteiger partial charge in [-0.3, -0.25) is 14.4 Å². The van der Waals surface area contributed by atoms with Gasteiger partial charge in [0.2, 0.25) is 0 Å². The lowest BCUT2D eigenvalue weighted by Gasteiger charge is -2.31. The minimum atomic E-state index is -3.60. The minimum Gasteiger partial charge on any atom is -0.497 e. The summed E-state index contributed by atoms with van der Waals surface area (Å²) in [6.45, 7) is 5.52. The molecule has 0 aliphatic carbocycles. The Labute approximate surface area is 672 Å². The zero-order valence-corrected chi connectivity index (χ0v) is 68.0. The number of carbonyl (C=O) groups excluding carboxylic acids is 3. The number of piperidine rings is 3. The third-order valence-electron chi connectivity index (χ3n) is 19.3. The maximum Gasteiger partial charge on any atom is 0.252 e. The van der Waals surface area contributed by atoms with E-state index in [-0.39, 0.29) is 59.8 Å². The summed E-state index contributed by atoms with van der Waals surface area (Å²) in [6, 6.07) is 65.8. The second kappa shape index (κ2) is 39.0. The summed E-state index contributed by atoms with van der Waals surface area (Å²) in [5, 5.41) is 15.6. The first kappa shape index (κ1) is 82.3. The number of sulfonamides is 3. The Bertz CT molecular complexity index is 5350. The number of hydrogen-bond acceptors (Lipinski definition) is 20. The summed E-state index contributed by atoms with van der Waals surface area (Å²) in [5.41, 5.74) is 7.95. The van der Waals surface area contributed by atoms with Gasteiger partial charge < -0.3 is 49.9 Å². The Hall–Kier alpha value is -10.2. The number of rotatable bonds is 28. The largest absolute Gasteiger partial charge is 0.497 e. The van der Waals surface area contributed by atoms with E-state index in [2.05, 4.69) is 81.0 Å². The lowest BCUT2D eigenvalue weighted by Crippen LogP contribution is -2.42. The highest BCUT2D eigenvalue weighted by Gasteiger charge is 2.34. The van der Waals surface area contributed by atoms with Gasteiger partial charge in [-0.2, -0.15) is 12.9 Å². The molecule has 7 aromatic carbocycles. The monoisotopic (exact) mass is 1640 g/mol. The molecule has 3 saturated heterocycles. The number of oxazole rings is 1. The van der Waals surface area contributed by atoms with Crippen molar-refractivity contribution >= 4 is 93.2 Å². The maximum absolute atomic E-state index is 13.3. The Morgan fingerprint density at radius 2 is 0.823 bits per heavy atom. The van der Waals surface area contributed by atoms with Crippen molar-refractivity contribution in [2.75, 3.05) is 71.2 Å². The van der Waals surface area contributed by atoms with Crippen molar-refractivity contribution in [2.45, 2.75) is 109 Å². The number of amides is 3. The number of benzene rings is 7. The Morgan fingerprint density at radius 3 is 1.24 bits per heavy atom. The Kier molecular flexibility index (Phi) is 28.4. The number of aryl methyl sites for hydroxylation is 1. The van der Waals surface area contributed by atoms with Crippen molar-refractivity contribution < 1.29 is 63.0 Å². The van der Waals surface area contributed by atoms with Crippen LogP contribution in [0.2, 0.25) is 0 Å². The molecule has 11 aromatic rings. The highest BCUT2D eigenvalue weighted by Crippen LogP contribution is 2.34. The molecule has 7 heterocycles. The molecule has 3 aliphatic heterocycles. The standard InChI is InChI=1S/C30H31N3O4S2.C27H28N4O5S2.C27H32N2O5S2/c1-37-27-12-6-10-24(20-27)30(34)31-21-28-13-14-29(38-28)39(35,36)33-17-15-25(16-18-33)32-26-11-5-9-23(19-26)22-7-3-2-4-8-22;1-35-23-7-3-5-20(15-23)27(32)29-16-24-8-9-26(37-24)38(33,34)31-12-10-21(11-13-31)30-22-6-2-4-19(14-22)25-17-28-18-36-25;1-3-6-20-7-4-10-24(17-20)34-22-13-15-29(16-14-22)36(31,32)26-12-11-25(35-26)19-28-27(30)21-8-5-9-23(18-21)33-2/h2-14,19-20,25,32H,15-18,21H2,1H3,(H,31,34);2-9,14-15,17-18,21,30H,10-13,16H2,1H3,(H,29,32);4-5,7-12,17-18,22H,3,6,13-16,19H2,1-2H3,(H,28,30). The van der Waals surface area contributed by atoms with E-state index in [0.717, 1.165) is 74.1 Å². The highest BCUT2D eigenvalue weighted by molar-refractivity contribution is 7.92. The van der Waals surface area contributed by atoms with Crippen molar-refractivity contribution in [3.05, 3.63) is 262 Å². The smallest absolute Gasteiger partial charge is 0.252 e. The molecule has 23 nitrogen and oxygen atoms in total. The highest BCUT2D eigenvalue weighted by atomic mass is 32.3. The molecular weight excluding hydrogens is 1550 g/mol. The van der Waals surface area contributed by atoms with E-state index in [1.165, 1.54) is 50.3 Å². The predicted molar refractivity (Wildman–Crippen MR) is 443 cm³/mol. The molecule has 0 unspecified atom stereocenters. The van der Waals surface area contributed by atoms with Gasteiger partial charge in [0.25, 0.3) is 47.8 Å². The summed E-state index contributed by atoms with van der Waals surface area (Å²) in [4.78, 5) is 43.7. The molecule has 4 aromatic heterocycles. The van der Waals surface area contributed by atoms with Crippen LogP contribution in [0, 0.1) is 0 Å². The van der Waals surface area contributed by atoms with Gasteiger partial charge in [0, 0.05) is 99.6 Å². The van der Waals surface area contributed by atoms with Crippen LogP contribution < -0.4 is 45.5 Å². The molecule has 3 fully saturated rings. The van der Waals surface area contributed by atoms with Gasteiger partial charge in [-0.15, -0.1) is 34.0 Å². The van der Waals surface area contributed by atoms with Crippen molar-refractivity contribution in [3.8, 4) is 45.4 Å². The first-order valence-corrected chi connectivity index (χ1v) is 44.0. The number of aromatic nitrogens is 1. The number of ether oxygens (including phenoxy) is 4. The van der Waals surface area contributed by atoms with Gasteiger partial charge in [-0.1, -0.05) is 98.3 Å². The summed E-state index contributed by atoms with van der Waals surface area (Å²) >= 11 is 3.57. The van der Waals surface area contributed by atoms with Crippen LogP contribution in [0.3, 0.4) is 0 Å². The van der Waals surface area contributed by atoms with Gasteiger partial charge >= 0.3 is 0 Å². The number of thiophene rings is 3. The zero-order chi connectivity index (χ0) is 79.3. The molecule has 5 N–H and O–H groups in total. The van der Waals surface area contributed by atoms with Crippen molar-refractivity contribution in [3.63, 3.8) is 0 Å². The van der Waals surface area contributed by atoms with E-state index in [0.29, 0.717) is 113 Å². The van der Waals surface area contributed by atoms with Gasteiger partial charge in [-0.05, 0) is 189 Å². The first-order valence-electron chi connectivity index (χ1n) is 37.2. The molecule has 592 valence electrons. The van der Waals surface area contributed by atoms with E-state index in [9.17, 15) is 39.6 Å². The van der Waals surface area contributed by atoms with Crippen molar-refractivity contribution in [1.82, 2.24) is 33.8 Å². The number of anilines is 2. The van der Waals surface area contributed by atoms with E-state index < -0.39 is 30.1 Å². The molecule has 0 saturated carbocycles. The minimum absolute atomic E-state index is 0.000883. The molecule has 29 heteroatoms. The van der Waals surface area contributed by atoms with Gasteiger partial charge in [-0.25, -0.2) is 30.2 Å². The number of nitrogens with zero attached hydrogens (tertiary/aromatic N) is 4. The second-order valence-electron chi connectivity index (χ2n) is 27.1. The van der Waals surface area contributed by atoms with Gasteiger partial charge in [0.15, 0.2) is 12.2 Å². The van der Waals surface area contributed by atoms with Crippen LogP contribution in [-0.4, -0.2) is 140 Å². The molecule has 3 aliphatic rings. The second-order valence-corrected chi connectivity index (χ2v) is 37.1. The SMILES string of the molecule is CCCc1cccc(OC2CCN(S(=O)(=O)c3ccc(CNC(=O)c4cccc(OC)c4)s3)CC2)c1.COc1cccc(C(=O)NCc2ccc(S(=O)(=O)N3CCC(Nc4cccc(-c5ccccc5)c4)CC3)s2)c1.COc1cccc(C(=O)NCc2ccc(S(=O)(=O)N3CCC(Nc4cccc(-c5cnco5)c4)CC3)s2)c1. The quantitative estimate of drug-likeness (QED) is 0.0304. The third-order valence-corrected chi connectivity index (χ3v) is 29.7. The van der Waals surface area contributed by atoms with Crippen LogP contribution in [0.15, 0.2) is 242 Å². The molecule has 0 atom stereocenters. The topological polar surface area (TPSA) is 286 Å². The van der Waals surface area contributed by atoms with Gasteiger partial charge in [0.05, 0.1) is 47.2 Å². The fourth-order valence-electron chi connectivity index (χ4n) is 13.2. The summed E-state index contributed by atoms with van der Waals surface area (Å²) in [5.74, 6) is 2.62. The fraction of sp³-hybridized carbons (Fsp3) is 0.286. The molecule has 0 radical (unpaired) electrons. The average molecular weight is 1640 g/mol. The summed E-state index contributed by atoms with van der Waals surface area (Å²) < 4.78 is 112. The van der Waals surface area contributed by atoms with E-state index in [1.807, 2.05) is 60.7 Å². The zero-order valence-electron chi connectivity index (χ0n) is 63.1. The van der Waals surface area contributed by atoms with Crippen LogP contribution in [0.5, 0.6) is 23.0 Å². The normalized spacial score (nSPS) is 14.8. The van der Waals surface area contributed by atoms with Crippen LogP contribution in [0.4, 0.5) is 11.4 Å². The van der Waals surface area contributed by atoms with E-state index >= 15 is 0 Å². The molecule has 113 heavy (non-hydrogen) atoms. The van der Waals surface area contributed by atoms with E-state index in [1.54, 1.807) is 145 Å².